The van der Waals surface area contributed by atoms with Crippen molar-refractivity contribution in [1.82, 2.24) is 0 Å². The standard InChI is InChI=1S/C10H16O.C10H20O/c11-10-7-3-6-9(10)8-4-1-2-5-8;1-3-4-5-6-7-8-9-10(2)11/h8-9H,1-7H2;3-9H2,1-2H3. The molecule has 0 aromatic heterocycles. The first kappa shape index (κ1) is 19.4. The van der Waals surface area contributed by atoms with Crippen LogP contribution in [0.4, 0.5) is 0 Å². The second kappa shape index (κ2) is 11.8. The summed E-state index contributed by atoms with van der Waals surface area (Å²) >= 11 is 0. The lowest BCUT2D eigenvalue weighted by Crippen LogP contribution is -2.15. The first-order chi connectivity index (χ1) is 10.6. The first-order valence-electron chi connectivity index (χ1n) is 9.67. The minimum absolute atomic E-state index is 0.334. The summed E-state index contributed by atoms with van der Waals surface area (Å²) < 4.78 is 0. The van der Waals surface area contributed by atoms with E-state index < -0.39 is 0 Å². The summed E-state index contributed by atoms with van der Waals surface area (Å²) in [6.45, 7) is 3.89. The van der Waals surface area contributed by atoms with Gasteiger partial charge in [-0.25, -0.2) is 0 Å². The molecule has 2 rings (SSSR count). The van der Waals surface area contributed by atoms with E-state index in [0.29, 0.717) is 17.5 Å². The Morgan fingerprint density at radius 3 is 2.14 bits per heavy atom. The molecule has 0 aromatic carbocycles. The Labute approximate surface area is 137 Å². The van der Waals surface area contributed by atoms with E-state index in [2.05, 4.69) is 6.92 Å². The molecule has 2 saturated carbocycles. The van der Waals surface area contributed by atoms with Gasteiger partial charge >= 0.3 is 0 Å². The molecule has 128 valence electrons. The van der Waals surface area contributed by atoms with E-state index in [-0.39, 0.29) is 0 Å². The number of unbranched alkanes of at least 4 members (excludes halogenated alkanes) is 5. The predicted octanol–water partition coefficient (Wildman–Crippen LogP) is 5.87. The maximum absolute atomic E-state index is 11.4. The van der Waals surface area contributed by atoms with Gasteiger partial charge in [0.2, 0.25) is 0 Å². The van der Waals surface area contributed by atoms with Gasteiger partial charge in [0, 0.05) is 18.8 Å². The highest BCUT2D eigenvalue weighted by Crippen LogP contribution is 2.38. The fourth-order valence-electron chi connectivity index (χ4n) is 3.86. The molecule has 2 fully saturated rings. The van der Waals surface area contributed by atoms with Crippen molar-refractivity contribution in [3.05, 3.63) is 0 Å². The topological polar surface area (TPSA) is 34.1 Å². The van der Waals surface area contributed by atoms with Crippen molar-refractivity contribution >= 4 is 11.6 Å². The maximum Gasteiger partial charge on any atom is 0.136 e. The minimum atomic E-state index is 0.334. The quantitative estimate of drug-likeness (QED) is 0.525. The van der Waals surface area contributed by atoms with Crippen LogP contribution in [0, 0.1) is 11.8 Å². The highest BCUT2D eigenvalue weighted by Gasteiger charge is 2.33. The summed E-state index contributed by atoms with van der Waals surface area (Å²) in [6, 6.07) is 0. The van der Waals surface area contributed by atoms with Crippen LogP contribution in [-0.4, -0.2) is 11.6 Å². The van der Waals surface area contributed by atoms with Crippen LogP contribution in [-0.2, 0) is 9.59 Å². The van der Waals surface area contributed by atoms with Crippen molar-refractivity contribution < 1.29 is 9.59 Å². The Morgan fingerprint density at radius 2 is 1.59 bits per heavy atom. The van der Waals surface area contributed by atoms with Crippen LogP contribution in [0.15, 0.2) is 0 Å². The van der Waals surface area contributed by atoms with Crippen LogP contribution in [0.5, 0.6) is 0 Å². The van der Waals surface area contributed by atoms with Crippen LogP contribution >= 0.6 is 0 Å². The Bertz CT molecular complexity index is 316. The van der Waals surface area contributed by atoms with Crippen molar-refractivity contribution in [1.29, 1.82) is 0 Å². The predicted molar refractivity (Wildman–Crippen MR) is 93.0 cm³/mol. The van der Waals surface area contributed by atoms with Crippen LogP contribution in [0.3, 0.4) is 0 Å². The number of carbonyl (C=O) groups is 2. The summed E-state index contributed by atoms with van der Waals surface area (Å²) in [4.78, 5) is 21.9. The van der Waals surface area contributed by atoms with Crippen LogP contribution in [0.2, 0.25) is 0 Å². The molecule has 2 aliphatic carbocycles. The largest absolute Gasteiger partial charge is 0.300 e. The van der Waals surface area contributed by atoms with E-state index in [0.717, 1.165) is 25.2 Å². The molecule has 1 atom stereocenters. The smallest absolute Gasteiger partial charge is 0.136 e. The molecular formula is C20H36O2. The SMILES string of the molecule is CCCCCCCCC(C)=O.O=C1CCCC1C1CCCC1. The average Bonchev–Trinajstić information content (AvgIpc) is 3.14. The molecular weight excluding hydrogens is 272 g/mol. The molecule has 2 heteroatoms. The Hall–Kier alpha value is -0.660. The van der Waals surface area contributed by atoms with E-state index in [9.17, 15) is 9.59 Å². The minimum Gasteiger partial charge on any atom is -0.300 e. The fraction of sp³-hybridized carbons (Fsp3) is 0.900. The number of ketones is 2. The Kier molecular flexibility index (Phi) is 10.4. The third-order valence-corrected chi connectivity index (χ3v) is 5.20. The molecule has 0 saturated heterocycles. The number of Topliss-reactive ketones (excluding diaryl/α,β-unsaturated/α-hetero) is 2. The number of hydrogen-bond donors (Lipinski definition) is 0. The van der Waals surface area contributed by atoms with Gasteiger partial charge in [0.25, 0.3) is 0 Å². The van der Waals surface area contributed by atoms with Crippen molar-refractivity contribution in [2.45, 2.75) is 104 Å². The summed E-state index contributed by atoms with van der Waals surface area (Å²) in [5, 5.41) is 0. The monoisotopic (exact) mass is 308 g/mol. The third-order valence-electron chi connectivity index (χ3n) is 5.20. The molecule has 2 aliphatic rings. The Balaban J connectivity index is 0.000000220. The summed E-state index contributed by atoms with van der Waals surface area (Å²) in [5.74, 6) is 2.17. The van der Waals surface area contributed by atoms with Crippen LogP contribution < -0.4 is 0 Å². The lowest BCUT2D eigenvalue weighted by molar-refractivity contribution is -0.122. The van der Waals surface area contributed by atoms with Gasteiger partial charge in [0.1, 0.15) is 11.6 Å². The fourth-order valence-corrected chi connectivity index (χ4v) is 3.86. The van der Waals surface area contributed by atoms with Gasteiger partial charge < -0.3 is 4.79 Å². The van der Waals surface area contributed by atoms with Gasteiger partial charge in [-0.3, -0.25) is 4.79 Å². The lowest BCUT2D eigenvalue weighted by atomic mass is 9.89. The second-order valence-electron chi connectivity index (χ2n) is 7.23. The molecule has 1 unspecified atom stereocenters. The van der Waals surface area contributed by atoms with Gasteiger partial charge in [-0.1, -0.05) is 51.9 Å². The second-order valence-corrected chi connectivity index (χ2v) is 7.23. The van der Waals surface area contributed by atoms with Crippen molar-refractivity contribution in [2.75, 3.05) is 0 Å². The molecule has 0 heterocycles. The normalized spacial score (nSPS) is 21.7. The van der Waals surface area contributed by atoms with Crippen LogP contribution in [0.1, 0.15) is 104 Å². The van der Waals surface area contributed by atoms with Crippen LogP contribution in [0.25, 0.3) is 0 Å². The van der Waals surface area contributed by atoms with E-state index in [1.165, 1.54) is 70.6 Å². The molecule has 0 bridgehead atoms. The molecule has 0 aromatic rings. The zero-order valence-corrected chi connectivity index (χ0v) is 14.9. The van der Waals surface area contributed by atoms with E-state index in [4.69, 9.17) is 0 Å². The van der Waals surface area contributed by atoms with Crippen molar-refractivity contribution in [3.8, 4) is 0 Å². The summed E-state index contributed by atoms with van der Waals surface area (Å²) in [7, 11) is 0. The number of rotatable bonds is 8. The van der Waals surface area contributed by atoms with Gasteiger partial charge in [-0.2, -0.15) is 0 Å². The van der Waals surface area contributed by atoms with Crippen molar-refractivity contribution in [2.24, 2.45) is 11.8 Å². The highest BCUT2D eigenvalue weighted by atomic mass is 16.1. The highest BCUT2D eigenvalue weighted by molar-refractivity contribution is 5.83. The molecule has 2 nitrogen and oxygen atoms in total. The number of carbonyl (C=O) groups excluding carboxylic acids is 2. The van der Waals surface area contributed by atoms with E-state index >= 15 is 0 Å². The average molecular weight is 309 g/mol. The van der Waals surface area contributed by atoms with Gasteiger partial charge in [-0.05, 0) is 44.9 Å². The molecule has 0 N–H and O–H groups in total. The molecule has 0 radical (unpaired) electrons. The Morgan fingerprint density at radius 1 is 0.955 bits per heavy atom. The van der Waals surface area contributed by atoms with Gasteiger partial charge in [0.05, 0.1) is 0 Å². The summed E-state index contributed by atoms with van der Waals surface area (Å²) in [6.07, 6.45) is 17.0. The van der Waals surface area contributed by atoms with Gasteiger partial charge in [-0.15, -0.1) is 0 Å². The lowest BCUT2D eigenvalue weighted by Gasteiger charge is -2.14. The third kappa shape index (κ3) is 8.10. The molecule has 0 spiro atoms. The van der Waals surface area contributed by atoms with Gasteiger partial charge in [0.15, 0.2) is 0 Å². The zero-order valence-electron chi connectivity index (χ0n) is 14.9. The number of hydrogen-bond acceptors (Lipinski definition) is 2. The molecule has 22 heavy (non-hydrogen) atoms. The van der Waals surface area contributed by atoms with Crippen molar-refractivity contribution in [3.63, 3.8) is 0 Å². The molecule has 0 aliphatic heterocycles. The maximum atomic E-state index is 11.4. The molecule has 0 amide bonds. The van der Waals surface area contributed by atoms with E-state index in [1.807, 2.05) is 0 Å². The zero-order chi connectivity index (χ0) is 16.2. The summed E-state index contributed by atoms with van der Waals surface area (Å²) in [5.41, 5.74) is 0. The first-order valence-corrected chi connectivity index (χ1v) is 9.67. The van der Waals surface area contributed by atoms with E-state index in [1.54, 1.807) is 6.92 Å².